The number of halogens is 2. The van der Waals surface area contributed by atoms with Crippen molar-refractivity contribution in [3.63, 3.8) is 0 Å². The third-order valence-corrected chi connectivity index (χ3v) is 3.84. The van der Waals surface area contributed by atoms with Gasteiger partial charge in [0.1, 0.15) is 5.82 Å². The second-order valence-electron chi connectivity index (χ2n) is 4.54. The maximum Gasteiger partial charge on any atom is 0.252 e. The van der Waals surface area contributed by atoms with E-state index < -0.39 is 0 Å². The predicted octanol–water partition coefficient (Wildman–Crippen LogP) is 3.57. The highest BCUT2D eigenvalue weighted by atomic mass is 79.9. The summed E-state index contributed by atoms with van der Waals surface area (Å²) in [7, 11) is 0. The van der Waals surface area contributed by atoms with Crippen molar-refractivity contribution in [2.45, 2.75) is 38.6 Å². The summed E-state index contributed by atoms with van der Waals surface area (Å²) >= 11 is 3.23. The summed E-state index contributed by atoms with van der Waals surface area (Å²) in [6, 6.07) is 3.21. The van der Waals surface area contributed by atoms with E-state index in [0.29, 0.717) is 15.6 Å². The predicted molar refractivity (Wildman–Crippen MR) is 68.6 cm³/mol. The van der Waals surface area contributed by atoms with Gasteiger partial charge >= 0.3 is 0 Å². The molecule has 92 valence electrons. The fourth-order valence-electron chi connectivity index (χ4n) is 2.16. The van der Waals surface area contributed by atoms with Crippen LogP contribution in [0.1, 0.15) is 41.6 Å². The summed E-state index contributed by atoms with van der Waals surface area (Å²) < 4.78 is 13.8. The van der Waals surface area contributed by atoms with Gasteiger partial charge in [-0.05, 0) is 53.4 Å². The Hall–Kier alpha value is -0.900. The van der Waals surface area contributed by atoms with Gasteiger partial charge in [-0.2, -0.15) is 0 Å². The first-order chi connectivity index (χ1) is 8.08. The average Bonchev–Trinajstić information content (AvgIpc) is 2.76. The van der Waals surface area contributed by atoms with Crippen LogP contribution in [0.4, 0.5) is 4.39 Å². The highest BCUT2D eigenvalue weighted by molar-refractivity contribution is 9.10. The van der Waals surface area contributed by atoms with Gasteiger partial charge < -0.3 is 5.32 Å². The zero-order valence-electron chi connectivity index (χ0n) is 9.72. The quantitative estimate of drug-likeness (QED) is 0.889. The standard InChI is InChI=1S/C13H15BrFNO/c1-8-6-10(11(14)7-12(8)15)13(17)16-9-4-2-3-5-9/h6-7,9H,2-5H2,1H3,(H,16,17). The van der Waals surface area contributed by atoms with Gasteiger partial charge in [0.2, 0.25) is 0 Å². The van der Waals surface area contributed by atoms with Gasteiger partial charge in [-0.25, -0.2) is 4.39 Å². The molecule has 0 spiro atoms. The Labute approximate surface area is 109 Å². The summed E-state index contributed by atoms with van der Waals surface area (Å²) in [6.07, 6.45) is 4.44. The Morgan fingerprint density at radius 1 is 1.41 bits per heavy atom. The minimum Gasteiger partial charge on any atom is -0.349 e. The lowest BCUT2D eigenvalue weighted by atomic mass is 10.1. The summed E-state index contributed by atoms with van der Waals surface area (Å²) in [4.78, 5) is 12.0. The van der Waals surface area contributed by atoms with E-state index in [2.05, 4.69) is 21.2 Å². The molecule has 4 heteroatoms. The summed E-state index contributed by atoms with van der Waals surface area (Å²) in [5.74, 6) is -0.416. The Morgan fingerprint density at radius 3 is 2.71 bits per heavy atom. The normalized spacial score (nSPS) is 16.2. The van der Waals surface area contributed by atoms with Crippen LogP contribution in [0.3, 0.4) is 0 Å². The van der Waals surface area contributed by atoms with Crippen molar-refractivity contribution in [2.75, 3.05) is 0 Å². The minimum atomic E-state index is -0.297. The number of benzene rings is 1. The fourth-order valence-corrected chi connectivity index (χ4v) is 2.66. The summed E-state index contributed by atoms with van der Waals surface area (Å²) in [5.41, 5.74) is 1.00. The van der Waals surface area contributed by atoms with Crippen molar-refractivity contribution < 1.29 is 9.18 Å². The minimum absolute atomic E-state index is 0.119. The molecule has 0 aromatic heterocycles. The Kier molecular flexibility index (Phi) is 3.82. The molecule has 1 aliphatic carbocycles. The molecule has 0 heterocycles. The van der Waals surface area contributed by atoms with E-state index in [4.69, 9.17) is 0 Å². The number of aryl methyl sites for hydroxylation is 1. The van der Waals surface area contributed by atoms with Crippen LogP contribution in [-0.4, -0.2) is 11.9 Å². The molecule has 0 unspecified atom stereocenters. The lowest BCUT2D eigenvalue weighted by Gasteiger charge is -2.13. The van der Waals surface area contributed by atoms with E-state index in [1.165, 1.54) is 18.9 Å². The molecule has 1 aromatic rings. The Morgan fingerprint density at radius 2 is 2.06 bits per heavy atom. The SMILES string of the molecule is Cc1cc(C(=O)NC2CCCC2)c(Br)cc1F. The number of hydrogen-bond donors (Lipinski definition) is 1. The molecule has 0 radical (unpaired) electrons. The van der Waals surface area contributed by atoms with Gasteiger partial charge in [0.15, 0.2) is 0 Å². The van der Waals surface area contributed by atoms with Crippen molar-refractivity contribution in [3.05, 3.63) is 33.5 Å². The van der Waals surface area contributed by atoms with E-state index in [1.807, 2.05) is 0 Å². The first-order valence-electron chi connectivity index (χ1n) is 5.84. The van der Waals surface area contributed by atoms with Crippen molar-refractivity contribution in [3.8, 4) is 0 Å². The molecular formula is C13H15BrFNO. The van der Waals surface area contributed by atoms with Gasteiger partial charge in [0.05, 0.1) is 5.56 Å². The van der Waals surface area contributed by atoms with E-state index in [9.17, 15) is 9.18 Å². The largest absolute Gasteiger partial charge is 0.349 e. The van der Waals surface area contributed by atoms with Gasteiger partial charge in [-0.1, -0.05) is 12.8 Å². The fraction of sp³-hybridized carbons (Fsp3) is 0.462. The van der Waals surface area contributed by atoms with E-state index in [1.54, 1.807) is 13.0 Å². The topological polar surface area (TPSA) is 29.1 Å². The van der Waals surface area contributed by atoms with Gasteiger partial charge in [-0.15, -0.1) is 0 Å². The molecule has 1 amide bonds. The molecular weight excluding hydrogens is 285 g/mol. The average molecular weight is 300 g/mol. The number of nitrogens with one attached hydrogen (secondary N) is 1. The van der Waals surface area contributed by atoms with Crippen LogP contribution in [-0.2, 0) is 0 Å². The van der Waals surface area contributed by atoms with Crippen molar-refractivity contribution >= 4 is 21.8 Å². The zero-order valence-corrected chi connectivity index (χ0v) is 11.3. The first-order valence-corrected chi connectivity index (χ1v) is 6.63. The Bertz CT molecular complexity index is 441. The van der Waals surface area contributed by atoms with Crippen molar-refractivity contribution in [1.82, 2.24) is 5.32 Å². The Balaban J connectivity index is 2.15. The van der Waals surface area contributed by atoms with Crippen LogP contribution < -0.4 is 5.32 Å². The second kappa shape index (κ2) is 5.17. The second-order valence-corrected chi connectivity index (χ2v) is 5.39. The summed E-state index contributed by atoms with van der Waals surface area (Å²) in [6.45, 7) is 1.66. The lowest BCUT2D eigenvalue weighted by Crippen LogP contribution is -2.32. The molecule has 2 rings (SSSR count). The first kappa shape index (κ1) is 12.6. The highest BCUT2D eigenvalue weighted by Crippen LogP contribution is 2.23. The van der Waals surface area contributed by atoms with Gasteiger partial charge in [-0.3, -0.25) is 4.79 Å². The van der Waals surface area contributed by atoms with Gasteiger partial charge in [0.25, 0.3) is 5.91 Å². The monoisotopic (exact) mass is 299 g/mol. The maximum atomic E-state index is 13.3. The van der Waals surface area contributed by atoms with Gasteiger partial charge in [0, 0.05) is 10.5 Å². The number of hydrogen-bond acceptors (Lipinski definition) is 1. The van der Waals surface area contributed by atoms with Crippen LogP contribution in [0.2, 0.25) is 0 Å². The van der Waals surface area contributed by atoms with E-state index in [0.717, 1.165) is 12.8 Å². The van der Waals surface area contributed by atoms with Crippen LogP contribution in [0.5, 0.6) is 0 Å². The van der Waals surface area contributed by atoms with Crippen molar-refractivity contribution in [1.29, 1.82) is 0 Å². The number of rotatable bonds is 2. The highest BCUT2D eigenvalue weighted by Gasteiger charge is 2.19. The zero-order chi connectivity index (χ0) is 12.4. The number of carbonyl (C=O) groups is 1. The third-order valence-electron chi connectivity index (χ3n) is 3.18. The molecule has 17 heavy (non-hydrogen) atoms. The van der Waals surface area contributed by atoms with E-state index >= 15 is 0 Å². The molecule has 1 fully saturated rings. The third kappa shape index (κ3) is 2.86. The van der Waals surface area contributed by atoms with E-state index in [-0.39, 0.29) is 17.8 Å². The van der Waals surface area contributed by atoms with Crippen LogP contribution in [0.15, 0.2) is 16.6 Å². The molecule has 0 atom stereocenters. The van der Waals surface area contributed by atoms with Crippen molar-refractivity contribution in [2.24, 2.45) is 0 Å². The molecule has 0 aliphatic heterocycles. The molecule has 1 aliphatic rings. The van der Waals surface area contributed by atoms with Crippen LogP contribution in [0.25, 0.3) is 0 Å². The molecule has 0 saturated heterocycles. The number of carbonyl (C=O) groups excluding carboxylic acids is 1. The summed E-state index contributed by atoms with van der Waals surface area (Å²) in [5, 5.41) is 2.99. The molecule has 2 nitrogen and oxygen atoms in total. The molecule has 1 saturated carbocycles. The lowest BCUT2D eigenvalue weighted by molar-refractivity contribution is 0.0937. The molecule has 1 aromatic carbocycles. The maximum absolute atomic E-state index is 13.3. The molecule has 1 N–H and O–H groups in total. The number of amides is 1. The molecule has 0 bridgehead atoms. The van der Waals surface area contributed by atoms with Crippen LogP contribution >= 0.6 is 15.9 Å². The smallest absolute Gasteiger partial charge is 0.252 e. The van der Waals surface area contributed by atoms with Crippen LogP contribution in [0, 0.1) is 12.7 Å².